The predicted molar refractivity (Wildman–Crippen MR) is 98.6 cm³/mol. The van der Waals surface area contributed by atoms with E-state index in [0.717, 1.165) is 29.9 Å². The molecule has 0 radical (unpaired) electrons. The van der Waals surface area contributed by atoms with Gasteiger partial charge < -0.3 is 15.2 Å². The van der Waals surface area contributed by atoms with Gasteiger partial charge >= 0.3 is 0 Å². The van der Waals surface area contributed by atoms with Gasteiger partial charge in [0.2, 0.25) is 5.91 Å². The molecular weight excluding hydrogens is 314 g/mol. The van der Waals surface area contributed by atoms with E-state index in [0.29, 0.717) is 13.0 Å². The standard InChI is InChI=1S/C21H23NO3/c23-12-10-19(17-4-2-1-3-5-17)15-22-21(24)9-7-16-6-8-20-18(14-16)11-13-25-20/h1-9,14,19,23H,10-13,15H2,(H,22,24)/b9-7+. The number of carbonyl (C=O) groups excluding carboxylic acids is 1. The number of ether oxygens (including phenoxy) is 1. The zero-order chi connectivity index (χ0) is 17.5. The largest absolute Gasteiger partial charge is 0.493 e. The highest BCUT2D eigenvalue weighted by molar-refractivity contribution is 5.91. The van der Waals surface area contributed by atoms with Crippen LogP contribution in [0.25, 0.3) is 6.08 Å². The number of hydrogen-bond acceptors (Lipinski definition) is 3. The molecule has 0 fully saturated rings. The Labute approximate surface area is 148 Å². The second-order valence-corrected chi connectivity index (χ2v) is 6.16. The van der Waals surface area contributed by atoms with Crippen LogP contribution in [0.2, 0.25) is 0 Å². The van der Waals surface area contributed by atoms with Crippen molar-refractivity contribution in [1.82, 2.24) is 5.32 Å². The van der Waals surface area contributed by atoms with E-state index >= 15 is 0 Å². The number of fused-ring (bicyclic) bond motifs is 1. The average Bonchev–Trinajstić information content (AvgIpc) is 3.12. The topological polar surface area (TPSA) is 58.6 Å². The number of amides is 1. The van der Waals surface area contributed by atoms with Crippen molar-refractivity contribution in [3.8, 4) is 5.75 Å². The highest BCUT2D eigenvalue weighted by Crippen LogP contribution is 2.26. The summed E-state index contributed by atoms with van der Waals surface area (Å²) in [6.07, 6.45) is 4.91. The van der Waals surface area contributed by atoms with E-state index in [2.05, 4.69) is 11.4 Å². The molecule has 0 saturated heterocycles. The molecule has 4 nitrogen and oxygen atoms in total. The first-order valence-corrected chi connectivity index (χ1v) is 8.63. The van der Waals surface area contributed by atoms with Gasteiger partial charge in [0.1, 0.15) is 5.75 Å². The summed E-state index contributed by atoms with van der Waals surface area (Å²) < 4.78 is 5.49. The Morgan fingerprint density at radius 2 is 2.08 bits per heavy atom. The van der Waals surface area contributed by atoms with Gasteiger partial charge in [0.05, 0.1) is 6.61 Å². The summed E-state index contributed by atoms with van der Waals surface area (Å²) in [7, 11) is 0. The Hall–Kier alpha value is -2.59. The lowest BCUT2D eigenvalue weighted by Crippen LogP contribution is -2.27. The minimum Gasteiger partial charge on any atom is -0.493 e. The molecule has 4 heteroatoms. The second-order valence-electron chi connectivity index (χ2n) is 6.16. The molecule has 2 aromatic carbocycles. The van der Waals surface area contributed by atoms with E-state index in [4.69, 9.17) is 4.74 Å². The fourth-order valence-corrected chi connectivity index (χ4v) is 3.03. The molecular formula is C21H23NO3. The van der Waals surface area contributed by atoms with Gasteiger partial charge in [0, 0.05) is 31.6 Å². The summed E-state index contributed by atoms with van der Waals surface area (Å²) in [6.45, 7) is 1.34. The predicted octanol–water partition coefficient (Wildman–Crippen LogP) is 2.92. The number of carbonyl (C=O) groups is 1. The Bertz CT molecular complexity index is 740. The van der Waals surface area contributed by atoms with E-state index in [9.17, 15) is 9.90 Å². The van der Waals surface area contributed by atoms with Gasteiger partial charge in [-0.05, 0) is 41.3 Å². The first kappa shape index (κ1) is 17.2. The third-order valence-corrected chi connectivity index (χ3v) is 4.41. The van der Waals surface area contributed by atoms with Crippen molar-refractivity contribution in [2.75, 3.05) is 19.8 Å². The van der Waals surface area contributed by atoms with E-state index in [1.807, 2.05) is 48.5 Å². The lowest BCUT2D eigenvalue weighted by Gasteiger charge is -2.16. The van der Waals surface area contributed by atoms with E-state index < -0.39 is 0 Å². The molecule has 1 aliphatic rings. The first-order valence-electron chi connectivity index (χ1n) is 8.63. The molecule has 130 valence electrons. The molecule has 0 aromatic heterocycles. The fourth-order valence-electron chi connectivity index (χ4n) is 3.03. The molecule has 0 saturated carbocycles. The molecule has 1 atom stereocenters. The summed E-state index contributed by atoms with van der Waals surface area (Å²) in [5, 5.41) is 12.2. The number of benzene rings is 2. The fraction of sp³-hybridized carbons (Fsp3) is 0.286. The average molecular weight is 337 g/mol. The van der Waals surface area contributed by atoms with Crippen LogP contribution in [0.3, 0.4) is 0 Å². The number of aliphatic hydroxyl groups excluding tert-OH is 1. The molecule has 1 unspecified atom stereocenters. The molecule has 1 aliphatic heterocycles. The van der Waals surface area contributed by atoms with E-state index in [1.54, 1.807) is 6.08 Å². The van der Waals surface area contributed by atoms with Crippen molar-refractivity contribution in [3.05, 3.63) is 71.3 Å². The number of rotatable bonds is 7. The summed E-state index contributed by atoms with van der Waals surface area (Å²) in [5.74, 6) is 0.924. The van der Waals surface area contributed by atoms with Crippen LogP contribution in [-0.4, -0.2) is 30.8 Å². The van der Waals surface area contributed by atoms with Gasteiger partial charge in [-0.15, -0.1) is 0 Å². The van der Waals surface area contributed by atoms with Crippen molar-refractivity contribution >= 4 is 12.0 Å². The van der Waals surface area contributed by atoms with Crippen LogP contribution >= 0.6 is 0 Å². The van der Waals surface area contributed by atoms with Crippen LogP contribution in [0.4, 0.5) is 0 Å². The molecule has 3 rings (SSSR count). The maximum Gasteiger partial charge on any atom is 0.244 e. The van der Waals surface area contributed by atoms with Crippen LogP contribution in [-0.2, 0) is 11.2 Å². The van der Waals surface area contributed by atoms with Crippen LogP contribution in [0.15, 0.2) is 54.6 Å². The van der Waals surface area contributed by atoms with Gasteiger partial charge in [-0.1, -0.05) is 36.4 Å². The zero-order valence-corrected chi connectivity index (χ0v) is 14.2. The van der Waals surface area contributed by atoms with Crippen LogP contribution in [0, 0.1) is 0 Å². The van der Waals surface area contributed by atoms with E-state index in [1.165, 1.54) is 5.56 Å². The lowest BCUT2D eigenvalue weighted by atomic mass is 9.96. The van der Waals surface area contributed by atoms with Gasteiger partial charge in [-0.25, -0.2) is 0 Å². The minimum absolute atomic E-state index is 0.0997. The van der Waals surface area contributed by atoms with Crippen molar-refractivity contribution < 1.29 is 14.6 Å². The molecule has 1 amide bonds. The van der Waals surface area contributed by atoms with Gasteiger partial charge in [-0.3, -0.25) is 4.79 Å². The zero-order valence-electron chi connectivity index (χ0n) is 14.2. The Kier molecular flexibility index (Phi) is 5.86. The SMILES string of the molecule is O=C(/C=C/c1ccc2c(c1)CCO2)NCC(CCO)c1ccccc1. The Balaban J connectivity index is 1.56. The summed E-state index contributed by atoms with van der Waals surface area (Å²) >= 11 is 0. The monoisotopic (exact) mass is 337 g/mol. The Morgan fingerprint density at radius 1 is 1.24 bits per heavy atom. The maximum absolute atomic E-state index is 12.1. The minimum atomic E-state index is -0.129. The summed E-state index contributed by atoms with van der Waals surface area (Å²) in [5.41, 5.74) is 3.31. The van der Waals surface area contributed by atoms with Crippen molar-refractivity contribution in [3.63, 3.8) is 0 Å². The van der Waals surface area contributed by atoms with E-state index in [-0.39, 0.29) is 18.4 Å². The van der Waals surface area contributed by atoms with Crippen molar-refractivity contribution in [1.29, 1.82) is 0 Å². The molecule has 25 heavy (non-hydrogen) atoms. The molecule has 2 aromatic rings. The molecule has 2 N–H and O–H groups in total. The highest BCUT2D eigenvalue weighted by Gasteiger charge is 2.12. The summed E-state index contributed by atoms with van der Waals surface area (Å²) in [6, 6.07) is 15.9. The Morgan fingerprint density at radius 3 is 2.88 bits per heavy atom. The normalized spacial score (nSPS) is 14.1. The van der Waals surface area contributed by atoms with Gasteiger partial charge in [0.15, 0.2) is 0 Å². The number of hydrogen-bond donors (Lipinski definition) is 2. The van der Waals surface area contributed by atoms with Crippen LogP contribution in [0.1, 0.15) is 29.0 Å². The number of nitrogens with one attached hydrogen (secondary N) is 1. The molecule has 0 aliphatic carbocycles. The second kappa shape index (κ2) is 8.49. The van der Waals surface area contributed by atoms with Crippen molar-refractivity contribution in [2.24, 2.45) is 0 Å². The van der Waals surface area contributed by atoms with Crippen LogP contribution in [0.5, 0.6) is 5.75 Å². The molecule has 0 bridgehead atoms. The first-order chi connectivity index (χ1) is 12.3. The quantitative estimate of drug-likeness (QED) is 0.764. The third kappa shape index (κ3) is 4.70. The summed E-state index contributed by atoms with van der Waals surface area (Å²) in [4.78, 5) is 12.1. The molecule has 0 spiro atoms. The smallest absolute Gasteiger partial charge is 0.244 e. The lowest BCUT2D eigenvalue weighted by molar-refractivity contribution is -0.116. The van der Waals surface area contributed by atoms with Crippen LogP contribution < -0.4 is 10.1 Å². The van der Waals surface area contributed by atoms with Gasteiger partial charge in [0.25, 0.3) is 0 Å². The maximum atomic E-state index is 12.1. The highest BCUT2D eigenvalue weighted by atomic mass is 16.5. The van der Waals surface area contributed by atoms with Crippen molar-refractivity contribution in [2.45, 2.75) is 18.8 Å². The third-order valence-electron chi connectivity index (χ3n) is 4.41. The molecule has 1 heterocycles. The van der Waals surface area contributed by atoms with Gasteiger partial charge in [-0.2, -0.15) is 0 Å². The number of aliphatic hydroxyl groups is 1.